The van der Waals surface area contributed by atoms with Crippen LogP contribution in [0.5, 0.6) is 0 Å². The molecule has 1 fully saturated rings. The molecule has 0 radical (unpaired) electrons. The van der Waals surface area contributed by atoms with Gasteiger partial charge in [-0.1, -0.05) is 0 Å². The van der Waals surface area contributed by atoms with Gasteiger partial charge in [0.05, 0.1) is 23.6 Å². The van der Waals surface area contributed by atoms with Crippen LogP contribution >= 0.6 is 0 Å². The zero-order chi connectivity index (χ0) is 14.9. The Morgan fingerprint density at radius 2 is 1.90 bits per heavy atom. The van der Waals surface area contributed by atoms with Crippen LogP contribution in [-0.4, -0.2) is 48.2 Å². The molecule has 2 heterocycles. The highest BCUT2D eigenvalue weighted by Crippen LogP contribution is 2.25. The second-order valence-electron chi connectivity index (χ2n) is 5.55. The van der Waals surface area contributed by atoms with Crippen LogP contribution in [0.15, 0.2) is 4.90 Å². The Labute approximate surface area is 120 Å². The van der Waals surface area contributed by atoms with Crippen molar-refractivity contribution in [3.63, 3.8) is 0 Å². The second kappa shape index (κ2) is 5.83. The third kappa shape index (κ3) is 3.05. The fraction of sp³-hybridized carbons (Fsp3) is 0.769. The number of hydrogen-bond acceptors (Lipinski definition) is 4. The van der Waals surface area contributed by atoms with Crippen molar-refractivity contribution in [2.24, 2.45) is 0 Å². The minimum Gasteiger partial charge on any atom is -0.375 e. The van der Waals surface area contributed by atoms with Crippen molar-refractivity contribution >= 4 is 10.0 Å². The molecule has 1 saturated heterocycles. The Bertz CT molecular complexity index is 538. The Kier molecular flexibility index (Phi) is 4.51. The van der Waals surface area contributed by atoms with Gasteiger partial charge in [-0.15, -0.1) is 0 Å². The summed E-state index contributed by atoms with van der Waals surface area (Å²) in [5.41, 5.74) is 1.13. The van der Waals surface area contributed by atoms with E-state index in [9.17, 15) is 8.42 Å². The van der Waals surface area contributed by atoms with Gasteiger partial charge >= 0.3 is 0 Å². The van der Waals surface area contributed by atoms with Crippen molar-refractivity contribution in [3.05, 3.63) is 11.4 Å². The highest BCUT2D eigenvalue weighted by atomic mass is 32.2. The Balaban J connectivity index is 2.10. The van der Waals surface area contributed by atoms with Crippen LogP contribution in [0.25, 0.3) is 0 Å². The number of nitrogens with one attached hydrogen (secondary N) is 1. The molecule has 1 aromatic rings. The normalized spacial score (nSPS) is 18.9. The maximum Gasteiger partial charge on any atom is 0.246 e. The number of piperidine rings is 1. The SMILES string of the molecule is Cc1n[nH]c(C)c1S(=O)(=O)N1CCC(OC(C)C)CC1. The summed E-state index contributed by atoms with van der Waals surface area (Å²) >= 11 is 0. The number of ether oxygens (including phenoxy) is 1. The number of H-pyrrole nitrogens is 1. The molecule has 0 spiro atoms. The molecule has 1 aliphatic heterocycles. The lowest BCUT2D eigenvalue weighted by atomic mass is 10.1. The molecule has 0 aliphatic carbocycles. The first-order chi connectivity index (χ1) is 9.32. The predicted molar refractivity (Wildman–Crippen MR) is 76.1 cm³/mol. The van der Waals surface area contributed by atoms with Gasteiger partial charge in [0.2, 0.25) is 10.0 Å². The van der Waals surface area contributed by atoms with Gasteiger partial charge in [-0.25, -0.2) is 8.42 Å². The Morgan fingerprint density at radius 3 is 2.35 bits per heavy atom. The van der Waals surface area contributed by atoms with Gasteiger partial charge in [0.25, 0.3) is 0 Å². The zero-order valence-corrected chi connectivity index (χ0v) is 13.3. The molecule has 1 N–H and O–H groups in total. The van der Waals surface area contributed by atoms with E-state index in [-0.39, 0.29) is 12.2 Å². The van der Waals surface area contributed by atoms with E-state index < -0.39 is 10.0 Å². The molecule has 6 nitrogen and oxygen atoms in total. The fourth-order valence-electron chi connectivity index (χ4n) is 2.64. The van der Waals surface area contributed by atoms with Gasteiger partial charge in [0, 0.05) is 13.1 Å². The van der Waals surface area contributed by atoms with Gasteiger partial charge in [-0.2, -0.15) is 9.40 Å². The van der Waals surface area contributed by atoms with Gasteiger partial charge in [-0.05, 0) is 40.5 Å². The summed E-state index contributed by atoms with van der Waals surface area (Å²) in [6, 6.07) is 0. The number of nitrogens with zero attached hydrogens (tertiary/aromatic N) is 2. The van der Waals surface area contributed by atoms with Crippen molar-refractivity contribution in [2.45, 2.75) is 57.6 Å². The van der Waals surface area contributed by atoms with E-state index in [1.807, 2.05) is 13.8 Å². The number of rotatable bonds is 4. The molecule has 0 amide bonds. The highest BCUT2D eigenvalue weighted by molar-refractivity contribution is 7.89. The van der Waals surface area contributed by atoms with Crippen LogP contribution in [0, 0.1) is 13.8 Å². The number of hydrogen-bond donors (Lipinski definition) is 1. The predicted octanol–water partition coefficient (Wildman–Crippen LogP) is 1.60. The molecule has 1 aromatic heterocycles. The molecule has 0 bridgehead atoms. The van der Waals surface area contributed by atoms with E-state index in [0.29, 0.717) is 29.4 Å². The molecule has 2 rings (SSSR count). The van der Waals surface area contributed by atoms with Gasteiger partial charge in [0.15, 0.2) is 0 Å². The van der Waals surface area contributed by atoms with E-state index in [2.05, 4.69) is 10.2 Å². The summed E-state index contributed by atoms with van der Waals surface area (Å²) in [4.78, 5) is 0.320. The van der Waals surface area contributed by atoms with Crippen LogP contribution in [0.4, 0.5) is 0 Å². The molecule has 0 aromatic carbocycles. The summed E-state index contributed by atoms with van der Waals surface area (Å²) in [6.07, 6.45) is 1.83. The number of aryl methyl sites for hydroxylation is 2. The van der Waals surface area contributed by atoms with Crippen molar-refractivity contribution in [3.8, 4) is 0 Å². The summed E-state index contributed by atoms with van der Waals surface area (Å²) < 4.78 is 32.6. The second-order valence-corrected chi connectivity index (χ2v) is 7.43. The molecule has 0 atom stereocenters. The first kappa shape index (κ1) is 15.5. The van der Waals surface area contributed by atoms with Crippen LogP contribution in [0.3, 0.4) is 0 Å². The minimum absolute atomic E-state index is 0.160. The quantitative estimate of drug-likeness (QED) is 0.916. The molecule has 7 heteroatoms. The Hall–Kier alpha value is -0.920. The molecule has 114 valence electrons. The number of sulfonamides is 1. The third-order valence-electron chi connectivity index (χ3n) is 3.52. The molecule has 0 saturated carbocycles. The smallest absolute Gasteiger partial charge is 0.246 e. The third-order valence-corrected chi connectivity index (χ3v) is 5.69. The van der Waals surface area contributed by atoms with Gasteiger partial charge in [0.1, 0.15) is 4.90 Å². The molecular weight excluding hydrogens is 278 g/mol. The van der Waals surface area contributed by atoms with Crippen molar-refractivity contribution in [1.82, 2.24) is 14.5 Å². The average molecular weight is 301 g/mol. The maximum atomic E-state index is 12.6. The van der Waals surface area contributed by atoms with Crippen LogP contribution in [0.1, 0.15) is 38.1 Å². The standard InChI is InChI=1S/C13H23N3O3S/c1-9(2)19-12-5-7-16(8-6-12)20(17,18)13-10(3)14-15-11(13)4/h9,12H,5-8H2,1-4H3,(H,14,15). The zero-order valence-electron chi connectivity index (χ0n) is 12.5. The van der Waals surface area contributed by atoms with E-state index in [1.54, 1.807) is 13.8 Å². The maximum absolute atomic E-state index is 12.6. The monoisotopic (exact) mass is 301 g/mol. The number of aromatic nitrogens is 2. The lowest BCUT2D eigenvalue weighted by molar-refractivity contribution is -0.0168. The largest absolute Gasteiger partial charge is 0.375 e. The van der Waals surface area contributed by atoms with E-state index in [1.165, 1.54) is 4.31 Å². The molecule has 0 unspecified atom stereocenters. The van der Waals surface area contributed by atoms with Crippen molar-refractivity contribution in [2.75, 3.05) is 13.1 Å². The lowest BCUT2D eigenvalue weighted by Gasteiger charge is -2.32. The number of aromatic amines is 1. The summed E-state index contributed by atoms with van der Waals surface area (Å²) in [5.74, 6) is 0. The van der Waals surface area contributed by atoms with Crippen LogP contribution in [-0.2, 0) is 14.8 Å². The first-order valence-corrected chi connectivity index (χ1v) is 8.43. The lowest BCUT2D eigenvalue weighted by Crippen LogP contribution is -2.41. The molecular formula is C13H23N3O3S. The highest BCUT2D eigenvalue weighted by Gasteiger charge is 2.33. The van der Waals surface area contributed by atoms with Crippen molar-refractivity contribution < 1.29 is 13.2 Å². The molecule has 1 aliphatic rings. The molecule has 20 heavy (non-hydrogen) atoms. The summed E-state index contributed by atoms with van der Waals surface area (Å²) in [5, 5.41) is 6.71. The topological polar surface area (TPSA) is 75.3 Å². The summed E-state index contributed by atoms with van der Waals surface area (Å²) in [7, 11) is -3.45. The minimum atomic E-state index is -3.45. The first-order valence-electron chi connectivity index (χ1n) is 6.99. The fourth-order valence-corrected chi connectivity index (χ4v) is 4.44. The Morgan fingerprint density at radius 1 is 1.30 bits per heavy atom. The van der Waals surface area contributed by atoms with Gasteiger partial charge < -0.3 is 4.74 Å². The van der Waals surface area contributed by atoms with Gasteiger partial charge in [-0.3, -0.25) is 5.10 Å². The van der Waals surface area contributed by atoms with E-state index in [0.717, 1.165) is 12.8 Å². The van der Waals surface area contributed by atoms with E-state index in [4.69, 9.17) is 4.74 Å². The van der Waals surface area contributed by atoms with Crippen molar-refractivity contribution in [1.29, 1.82) is 0 Å². The summed E-state index contributed by atoms with van der Waals surface area (Å²) in [6.45, 7) is 8.46. The van der Waals surface area contributed by atoms with E-state index >= 15 is 0 Å². The average Bonchev–Trinajstić information content (AvgIpc) is 2.69. The van der Waals surface area contributed by atoms with Crippen LogP contribution in [0.2, 0.25) is 0 Å². The van der Waals surface area contributed by atoms with Crippen LogP contribution < -0.4 is 0 Å².